The van der Waals surface area contributed by atoms with Gasteiger partial charge in [-0.2, -0.15) is 13.2 Å². The molecule has 0 aromatic heterocycles. The van der Waals surface area contributed by atoms with Gasteiger partial charge in [-0.25, -0.2) is 0 Å². The summed E-state index contributed by atoms with van der Waals surface area (Å²) in [5, 5.41) is 11.1. The fraction of sp³-hybridized carbons (Fsp3) is 0.176. The molecule has 2 rings (SSSR count). The Morgan fingerprint density at radius 3 is 2.20 bits per heavy atom. The predicted molar refractivity (Wildman–Crippen MR) is 87.3 cm³/mol. The second-order valence-electron chi connectivity index (χ2n) is 5.38. The Kier molecular flexibility index (Phi) is 5.31. The molecule has 0 spiro atoms. The van der Waals surface area contributed by atoms with Crippen molar-refractivity contribution < 1.29 is 22.8 Å². The van der Waals surface area contributed by atoms with Crippen LogP contribution in [0.2, 0.25) is 0 Å². The van der Waals surface area contributed by atoms with Gasteiger partial charge in [0.15, 0.2) is 0 Å². The van der Waals surface area contributed by atoms with Gasteiger partial charge in [0.25, 0.3) is 5.69 Å². The normalized spacial score (nSPS) is 11.6. The molecule has 0 bridgehead atoms. The highest BCUT2D eigenvalue weighted by atomic mass is 19.4. The van der Waals surface area contributed by atoms with E-state index in [4.69, 9.17) is 4.74 Å². The fourth-order valence-electron chi connectivity index (χ4n) is 1.97. The molecule has 0 N–H and O–H groups in total. The van der Waals surface area contributed by atoms with Crippen LogP contribution in [0.4, 0.5) is 18.9 Å². The van der Waals surface area contributed by atoms with Gasteiger partial charge < -0.3 is 9.64 Å². The minimum Gasteiger partial charge on any atom is -0.457 e. The lowest BCUT2D eigenvalue weighted by atomic mass is 10.1. The molecule has 25 heavy (non-hydrogen) atoms. The number of rotatable bonds is 5. The van der Waals surface area contributed by atoms with E-state index < -0.39 is 16.7 Å². The van der Waals surface area contributed by atoms with Crippen molar-refractivity contribution in [2.75, 3.05) is 14.1 Å². The number of benzene rings is 2. The molecule has 0 amide bonds. The van der Waals surface area contributed by atoms with Gasteiger partial charge in [-0.3, -0.25) is 10.1 Å². The van der Waals surface area contributed by atoms with Crippen LogP contribution in [0.3, 0.4) is 0 Å². The van der Waals surface area contributed by atoms with E-state index in [1.807, 2.05) is 0 Å². The molecule has 5 nitrogen and oxygen atoms in total. The maximum atomic E-state index is 12.6. The van der Waals surface area contributed by atoms with Crippen LogP contribution in [0.1, 0.15) is 11.1 Å². The van der Waals surface area contributed by atoms with Crippen LogP contribution >= 0.6 is 0 Å². The van der Waals surface area contributed by atoms with Crippen molar-refractivity contribution in [2.24, 2.45) is 0 Å². The Morgan fingerprint density at radius 1 is 1.08 bits per heavy atom. The molecule has 0 fully saturated rings. The number of hydrogen-bond donors (Lipinski definition) is 0. The number of halogens is 3. The van der Waals surface area contributed by atoms with Crippen molar-refractivity contribution in [3.05, 3.63) is 69.9 Å². The molecular formula is C17H15F3N2O3. The van der Waals surface area contributed by atoms with E-state index in [9.17, 15) is 23.3 Å². The van der Waals surface area contributed by atoms with Gasteiger partial charge in [-0.1, -0.05) is 0 Å². The van der Waals surface area contributed by atoms with Crippen LogP contribution in [0.5, 0.6) is 11.5 Å². The van der Waals surface area contributed by atoms with E-state index in [2.05, 4.69) is 0 Å². The minimum absolute atomic E-state index is 0.0992. The van der Waals surface area contributed by atoms with E-state index in [0.29, 0.717) is 5.56 Å². The number of nitro groups is 1. The summed E-state index contributed by atoms with van der Waals surface area (Å²) in [6, 6.07) is 8.34. The van der Waals surface area contributed by atoms with Gasteiger partial charge in [0.1, 0.15) is 11.5 Å². The summed E-state index contributed by atoms with van der Waals surface area (Å²) in [4.78, 5) is 12.3. The Balaban J connectivity index is 2.28. The van der Waals surface area contributed by atoms with E-state index in [0.717, 1.165) is 12.1 Å². The Hall–Kier alpha value is -3.03. The van der Waals surface area contributed by atoms with Gasteiger partial charge >= 0.3 is 6.18 Å². The Labute approximate surface area is 142 Å². The first-order valence-electron chi connectivity index (χ1n) is 7.15. The van der Waals surface area contributed by atoms with E-state index in [1.165, 1.54) is 30.3 Å². The third-order valence-corrected chi connectivity index (χ3v) is 3.17. The average molecular weight is 352 g/mol. The minimum atomic E-state index is -4.42. The van der Waals surface area contributed by atoms with E-state index in [1.54, 1.807) is 31.3 Å². The number of ether oxygens (including phenoxy) is 1. The molecule has 0 radical (unpaired) electrons. The summed E-state index contributed by atoms with van der Waals surface area (Å²) in [6.07, 6.45) is -1.22. The number of nitro benzene ring substituents is 1. The van der Waals surface area contributed by atoms with Gasteiger partial charge in [-0.05, 0) is 48.7 Å². The summed E-state index contributed by atoms with van der Waals surface area (Å²) >= 11 is 0. The first kappa shape index (κ1) is 18.3. The highest BCUT2D eigenvalue weighted by molar-refractivity contribution is 5.63. The fourth-order valence-corrected chi connectivity index (χ4v) is 1.97. The molecule has 132 valence electrons. The van der Waals surface area contributed by atoms with Crippen molar-refractivity contribution in [2.45, 2.75) is 6.18 Å². The first-order chi connectivity index (χ1) is 11.7. The van der Waals surface area contributed by atoms with Crippen LogP contribution in [-0.4, -0.2) is 23.9 Å². The molecule has 8 heteroatoms. The monoisotopic (exact) mass is 352 g/mol. The lowest BCUT2D eigenvalue weighted by molar-refractivity contribution is -0.385. The summed E-state index contributed by atoms with van der Waals surface area (Å²) in [7, 11) is 3.54. The molecular weight excluding hydrogens is 337 g/mol. The third-order valence-electron chi connectivity index (χ3n) is 3.17. The molecule has 0 unspecified atom stereocenters. The highest BCUT2D eigenvalue weighted by Gasteiger charge is 2.30. The summed E-state index contributed by atoms with van der Waals surface area (Å²) in [5.41, 5.74) is -0.556. The topological polar surface area (TPSA) is 55.6 Å². The Bertz CT molecular complexity index is 785. The molecule has 0 aliphatic heterocycles. The van der Waals surface area contributed by atoms with Crippen molar-refractivity contribution in [1.82, 2.24) is 4.90 Å². The molecule has 0 saturated heterocycles. The standard InChI is InChI=1S/C17H15F3N2O3/c1-21(2)10-9-12-11-15(7-8-16(12)22(23)24)25-14-5-3-13(4-6-14)17(18,19)20/h3-11H,1-2H3. The summed E-state index contributed by atoms with van der Waals surface area (Å²) in [5.74, 6) is 0.480. The number of alkyl halides is 3. The second kappa shape index (κ2) is 7.25. The maximum Gasteiger partial charge on any atom is 0.416 e. The highest BCUT2D eigenvalue weighted by Crippen LogP contribution is 2.32. The smallest absolute Gasteiger partial charge is 0.416 e. The van der Waals surface area contributed by atoms with Crippen molar-refractivity contribution in [1.29, 1.82) is 0 Å². The summed E-state index contributed by atoms with van der Waals surface area (Å²) < 4.78 is 43.2. The van der Waals surface area contributed by atoms with Crippen molar-refractivity contribution >= 4 is 11.8 Å². The summed E-state index contributed by atoms with van der Waals surface area (Å²) in [6.45, 7) is 0. The number of nitrogens with zero attached hydrogens (tertiary/aromatic N) is 2. The average Bonchev–Trinajstić information content (AvgIpc) is 2.52. The first-order valence-corrected chi connectivity index (χ1v) is 7.15. The largest absolute Gasteiger partial charge is 0.457 e. The Morgan fingerprint density at radius 2 is 1.68 bits per heavy atom. The zero-order chi connectivity index (χ0) is 18.6. The molecule has 0 atom stereocenters. The van der Waals surface area contributed by atoms with Gasteiger partial charge in [0.05, 0.1) is 16.1 Å². The van der Waals surface area contributed by atoms with Crippen molar-refractivity contribution in [3.8, 4) is 11.5 Å². The SMILES string of the molecule is CN(C)C=Cc1cc(Oc2ccc(C(F)(F)F)cc2)ccc1[N+](=O)[O-]. The molecule has 0 aliphatic carbocycles. The molecule has 0 heterocycles. The zero-order valence-electron chi connectivity index (χ0n) is 13.4. The van der Waals surface area contributed by atoms with Crippen LogP contribution in [0.25, 0.3) is 6.08 Å². The zero-order valence-corrected chi connectivity index (χ0v) is 13.4. The lowest BCUT2D eigenvalue weighted by Crippen LogP contribution is -2.04. The lowest BCUT2D eigenvalue weighted by Gasteiger charge is -2.10. The third kappa shape index (κ3) is 4.97. The maximum absolute atomic E-state index is 12.6. The quantitative estimate of drug-likeness (QED) is 0.565. The van der Waals surface area contributed by atoms with Crippen molar-refractivity contribution in [3.63, 3.8) is 0 Å². The molecule has 2 aromatic carbocycles. The van der Waals surface area contributed by atoms with Crippen LogP contribution in [-0.2, 0) is 6.18 Å². The van der Waals surface area contributed by atoms with Gasteiger partial charge in [0, 0.05) is 20.2 Å². The van der Waals surface area contributed by atoms with Gasteiger partial charge in [0.2, 0.25) is 0 Å². The molecule has 0 saturated carbocycles. The van der Waals surface area contributed by atoms with Crippen LogP contribution in [0, 0.1) is 10.1 Å². The molecule has 0 aliphatic rings. The second-order valence-corrected chi connectivity index (χ2v) is 5.38. The molecule has 2 aromatic rings. The van der Waals surface area contributed by atoms with Crippen LogP contribution in [0.15, 0.2) is 48.7 Å². The number of hydrogen-bond acceptors (Lipinski definition) is 4. The van der Waals surface area contributed by atoms with Crippen LogP contribution < -0.4 is 4.74 Å². The van der Waals surface area contributed by atoms with Gasteiger partial charge in [-0.15, -0.1) is 0 Å². The predicted octanol–water partition coefficient (Wildman–Crippen LogP) is 4.94. The van der Waals surface area contributed by atoms with E-state index in [-0.39, 0.29) is 17.2 Å². The van der Waals surface area contributed by atoms with E-state index >= 15 is 0 Å².